The number of aryl methyl sites for hydroxylation is 2. The Labute approximate surface area is 102 Å². The second kappa shape index (κ2) is 6.13. The molecule has 0 aliphatic carbocycles. The van der Waals surface area contributed by atoms with Crippen LogP contribution in [0.25, 0.3) is 0 Å². The third kappa shape index (κ3) is 3.66. The number of hydrogen-bond acceptors (Lipinski definition) is 2. The molecule has 2 amide bonds. The maximum Gasteiger partial charge on any atom is 0.319 e. The first-order valence-electron chi connectivity index (χ1n) is 5.78. The molecule has 0 spiro atoms. The number of rotatable bonds is 4. The highest BCUT2D eigenvalue weighted by atomic mass is 16.5. The van der Waals surface area contributed by atoms with Crippen LogP contribution in [0.5, 0.6) is 5.75 Å². The van der Waals surface area contributed by atoms with E-state index < -0.39 is 0 Å². The van der Waals surface area contributed by atoms with Crippen molar-refractivity contribution in [3.8, 4) is 5.75 Å². The van der Waals surface area contributed by atoms with Crippen LogP contribution in [0.4, 0.5) is 10.5 Å². The van der Waals surface area contributed by atoms with Gasteiger partial charge >= 0.3 is 6.03 Å². The Balaban J connectivity index is 2.78. The lowest BCUT2D eigenvalue weighted by Gasteiger charge is -2.12. The summed E-state index contributed by atoms with van der Waals surface area (Å²) in [5, 5.41) is 5.61. The monoisotopic (exact) mass is 236 g/mol. The first-order valence-corrected chi connectivity index (χ1v) is 5.78. The molecule has 4 heteroatoms. The van der Waals surface area contributed by atoms with Gasteiger partial charge in [-0.25, -0.2) is 4.79 Å². The van der Waals surface area contributed by atoms with Crippen LogP contribution in [0, 0.1) is 13.8 Å². The number of urea groups is 1. The summed E-state index contributed by atoms with van der Waals surface area (Å²) in [4.78, 5) is 11.5. The number of nitrogens with one attached hydrogen (secondary N) is 2. The smallest absolute Gasteiger partial charge is 0.319 e. The highest BCUT2D eigenvalue weighted by Crippen LogP contribution is 2.25. The van der Waals surface area contributed by atoms with Gasteiger partial charge < -0.3 is 15.4 Å². The Morgan fingerprint density at radius 2 is 2.00 bits per heavy atom. The minimum atomic E-state index is -0.167. The van der Waals surface area contributed by atoms with E-state index in [9.17, 15) is 4.79 Å². The van der Waals surface area contributed by atoms with Crippen molar-refractivity contribution in [1.29, 1.82) is 0 Å². The van der Waals surface area contributed by atoms with Gasteiger partial charge in [0, 0.05) is 12.2 Å². The fraction of sp³-hybridized carbons (Fsp3) is 0.462. The molecule has 0 heterocycles. The van der Waals surface area contributed by atoms with Crippen molar-refractivity contribution < 1.29 is 9.53 Å². The van der Waals surface area contributed by atoms with Crippen LogP contribution >= 0.6 is 0 Å². The summed E-state index contributed by atoms with van der Waals surface area (Å²) in [6.45, 7) is 6.59. The summed E-state index contributed by atoms with van der Waals surface area (Å²) in [5.74, 6) is 0.835. The number of benzene rings is 1. The van der Waals surface area contributed by atoms with Crippen LogP contribution in [0.15, 0.2) is 12.1 Å². The van der Waals surface area contributed by atoms with E-state index >= 15 is 0 Å². The molecule has 1 aromatic rings. The molecule has 0 aliphatic rings. The number of hydrogen-bond donors (Lipinski definition) is 2. The summed E-state index contributed by atoms with van der Waals surface area (Å²) >= 11 is 0. The van der Waals surface area contributed by atoms with E-state index in [1.165, 1.54) is 0 Å². The number of carbonyl (C=O) groups excluding carboxylic acids is 1. The molecule has 0 aromatic heterocycles. The third-order valence-electron chi connectivity index (χ3n) is 2.53. The molecule has 4 nitrogen and oxygen atoms in total. The maximum absolute atomic E-state index is 11.5. The molecule has 17 heavy (non-hydrogen) atoms. The number of anilines is 1. The van der Waals surface area contributed by atoms with Crippen molar-refractivity contribution in [2.24, 2.45) is 0 Å². The SMILES string of the molecule is CCCNC(=O)Nc1cc(C)c(OC)cc1C. The lowest BCUT2D eigenvalue weighted by Crippen LogP contribution is -2.29. The molecule has 94 valence electrons. The van der Waals surface area contributed by atoms with Gasteiger partial charge in [0.2, 0.25) is 0 Å². The largest absolute Gasteiger partial charge is 0.496 e. The molecule has 0 unspecified atom stereocenters. The first-order chi connectivity index (χ1) is 8.08. The molecule has 0 saturated heterocycles. The topological polar surface area (TPSA) is 50.4 Å². The molecule has 0 saturated carbocycles. The van der Waals surface area contributed by atoms with Crippen molar-refractivity contribution in [2.45, 2.75) is 27.2 Å². The summed E-state index contributed by atoms with van der Waals surface area (Å²) in [7, 11) is 1.64. The van der Waals surface area contributed by atoms with E-state index in [1.807, 2.05) is 32.9 Å². The van der Waals surface area contributed by atoms with Crippen molar-refractivity contribution >= 4 is 11.7 Å². The normalized spacial score (nSPS) is 9.88. The minimum absolute atomic E-state index is 0.167. The van der Waals surface area contributed by atoms with Crippen LogP contribution in [0.1, 0.15) is 24.5 Å². The average molecular weight is 236 g/mol. The fourth-order valence-corrected chi connectivity index (χ4v) is 1.55. The molecule has 0 radical (unpaired) electrons. The molecular weight excluding hydrogens is 216 g/mol. The van der Waals surface area contributed by atoms with Crippen molar-refractivity contribution in [3.63, 3.8) is 0 Å². The van der Waals surface area contributed by atoms with E-state index in [4.69, 9.17) is 4.74 Å². The van der Waals surface area contributed by atoms with Gasteiger partial charge in [-0.05, 0) is 43.5 Å². The van der Waals surface area contributed by atoms with Crippen molar-refractivity contribution in [3.05, 3.63) is 23.3 Å². The number of carbonyl (C=O) groups is 1. The summed E-state index contributed by atoms with van der Waals surface area (Å²) < 4.78 is 5.22. The van der Waals surface area contributed by atoms with E-state index in [0.29, 0.717) is 6.54 Å². The molecule has 0 atom stereocenters. The molecule has 0 bridgehead atoms. The van der Waals surface area contributed by atoms with Gasteiger partial charge in [0.25, 0.3) is 0 Å². The quantitative estimate of drug-likeness (QED) is 0.844. The highest BCUT2D eigenvalue weighted by Gasteiger charge is 2.07. The molecular formula is C13H20N2O2. The Hall–Kier alpha value is -1.71. The van der Waals surface area contributed by atoms with Gasteiger partial charge in [-0.15, -0.1) is 0 Å². The first kappa shape index (κ1) is 13.4. The van der Waals surface area contributed by atoms with Gasteiger partial charge in [-0.1, -0.05) is 6.92 Å². The van der Waals surface area contributed by atoms with Crippen molar-refractivity contribution in [2.75, 3.05) is 19.0 Å². The molecule has 1 aromatic carbocycles. The van der Waals surface area contributed by atoms with E-state index in [0.717, 1.165) is 29.0 Å². The summed E-state index contributed by atoms with van der Waals surface area (Å²) in [5.41, 5.74) is 2.81. The zero-order valence-corrected chi connectivity index (χ0v) is 10.9. The maximum atomic E-state index is 11.5. The predicted octanol–water partition coefficient (Wildman–Crippen LogP) is 2.84. The van der Waals surface area contributed by atoms with E-state index in [2.05, 4.69) is 10.6 Å². The second-order valence-corrected chi connectivity index (χ2v) is 4.02. The van der Waals surface area contributed by atoms with Gasteiger partial charge in [-0.2, -0.15) is 0 Å². The predicted molar refractivity (Wildman–Crippen MR) is 69.8 cm³/mol. The van der Waals surface area contributed by atoms with Gasteiger partial charge in [0.05, 0.1) is 7.11 Å². The zero-order valence-electron chi connectivity index (χ0n) is 10.9. The van der Waals surface area contributed by atoms with Crippen LogP contribution in [-0.2, 0) is 0 Å². The number of ether oxygens (including phenoxy) is 1. The Morgan fingerprint density at radius 1 is 1.29 bits per heavy atom. The third-order valence-corrected chi connectivity index (χ3v) is 2.53. The second-order valence-electron chi connectivity index (χ2n) is 4.02. The molecule has 2 N–H and O–H groups in total. The van der Waals surface area contributed by atoms with Crippen LogP contribution in [-0.4, -0.2) is 19.7 Å². The fourth-order valence-electron chi connectivity index (χ4n) is 1.55. The zero-order chi connectivity index (χ0) is 12.8. The van der Waals surface area contributed by atoms with Crippen molar-refractivity contribution in [1.82, 2.24) is 5.32 Å². The Morgan fingerprint density at radius 3 is 2.59 bits per heavy atom. The van der Waals surface area contributed by atoms with Gasteiger partial charge in [0.1, 0.15) is 5.75 Å². The van der Waals surface area contributed by atoms with E-state index in [-0.39, 0.29) is 6.03 Å². The highest BCUT2D eigenvalue weighted by molar-refractivity contribution is 5.90. The summed E-state index contributed by atoms with van der Waals surface area (Å²) in [6.07, 6.45) is 0.925. The lowest BCUT2D eigenvalue weighted by atomic mass is 10.1. The standard InChI is InChI=1S/C13H20N2O2/c1-5-6-14-13(16)15-11-7-10(3)12(17-4)8-9(11)2/h7-8H,5-6H2,1-4H3,(H2,14,15,16). The van der Waals surface area contributed by atoms with Crippen LogP contribution in [0.3, 0.4) is 0 Å². The Bertz CT molecular complexity index is 403. The number of methoxy groups -OCH3 is 1. The lowest BCUT2D eigenvalue weighted by molar-refractivity contribution is 0.252. The molecule has 1 rings (SSSR count). The van der Waals surface area contributed by atoms with Gasteiger partial charge in [0.15, 0.2) is 0 Å². The number of amides is 2. The Kier molecular flexibility index (Phi) is 4.82. The summed E-state index contributed by atoms with van der Waals surface area (Å²) in [6, 6.07) is 3.67. The van der Waals surface area contributed by atoms with Crippen LogP contribution in [0.2, 0.25) is 0 Å². The molecule has 0 fully saturated rings. The molecule has 0 aliphatic heterocycles. The van der Waals surface area contributed by atoms with Gasteiger partial charge in [-0.3, -0.25) is 0 Å². The average Bonchev–Trinajstić information content (AvgIpc) is 2.30. The van der Waals surface area contributed by atoms with E-state index in [1.54, 1.807) is 7.11 Å². The minimum Gasteiger partial charge on any atom is -0.496 e. The van der Waals surface area contributed by atoms with Crippen LogP contribution < -0.4 is 15.4 Å².